The normalized spacial score (nSPS) is 26.5. The van der Waals surface area contributed by atoms with Crippen LogP contribution in [0.4, 0.5) is 0 Å². The Morgan fingerprint density at radius 2 is 2.23 bits per heavy atom. The minimum Gasteiger partial charge on any atom is -0.386 e. The lowest BCUT2D eigenvalue weighted by Gasteiger charge is -2.28. The van der Waals surface area contributed by atoms with Gasteiger partial charge in [-0.05, 0) is 34.4 Å². The molecular weight excluding hydrogens is 169 g/mol. The second kappa shape index (κ2) is 4.95. The molecule has 2 atom stereocenters. The molecule has 1 fully saturated rings. The Balaban J connectivity index is 2.27. The Bertz CT molecular complexity index is 156. The van der Waals surface area contributed by atoms with Crippen LogP contribution in [0.5, 0.6) is 0 Å². The molecule has 0 amide bonds. The molecule has 0 radical (unpaired) electrons. The molecule has 2 unspecified atom stereocenters. The summed E-state index contributed by atoms with van der Waals surface area (Å²) in [5, 5.41) is 0. The van der Waals surface area contributed by atoms with Crippen LogP contribution in [0.15, 0.2) is 0 Å². The van der Waals surface area contributed by atoms with Crippen LogP contribution in [-0.2, 0) is 14.0 Å². The molecule has 0 spiro atoms. The van der Waals surface area contributed by atoms with Crippen LogP contribution in [0.3, 0.4) is 0 Å². The van der Waals surface area contributed by atoms with Crippen molar-refractivity contribution in [2.75, 3.05) is 20.7 Å². The van der Waals surface area contributed by atoms with E-state index < -0.39 is 7.32 Å². The summed E-state index contributed by atoms with van der Waals surface area (Å²) >= 11 is 0. The molecule has 0 bridgehead atoms. The Kier molecular flexibility index (Phi) is 4.19. The lowest BCUT2D eigenvalue weighted by molar-refractivity contribution is -0.0341. The fraction of sp³-hybridized carbons (Fsp3) is 1.00. The van der Waals surface area contributed by atoms with E-state index in [4.69, 9.17) is 14.0 Å². The van der Waals surface area contributed by atoms with Crippen molar-refractivity contribution in [1.29, 1.82) is 0 Å². The van der Waals surface area contributed by atoms with Gasteiger partial charge in [0.25, 0.3) is 0 Å². The highest BCUT2D eigenvalue weighted by Gasteiger charge is 2.30. The number of nitrogens with zero attached hydrogens (tertiary/aromatic N) is 1. The molecule has 0 aromatic carbocycles. The Morgan fingerprint density at radius 3 is 2.77 bits per heavy atom. The van der Waals surface area contributed by atoms with Gasteiger partial charge in [-0.1, -0.05) is 0 Å². The van der Waals surface area contributed by atoms with Gasteiger partial charge in [0, 0.05) is 12.7 Å². The molecule has 0 aliphatic carbocycles. The zero-order valence-electron chi connectivity index (χ0n) is 8.82. The molecule has 1 aliphatic rings. The molecule has 4 nitrogen and oxygen atoms in total. The SMILES string of the molecule is CC1CCOB(OC(C)N(C)C)O1. The van der Waals surface area contributed by atoms with Crippen molar-refractivity contribution >= 4 is 7.32 Å². The van der Waals surface area contributed by atoms with Crippen LogP contribution >= 0.6 is 0 Å². The molecule has 5 heteroatoms. The van der Waals surface area contributed by atoms with E-state index in [1.165, 1.54) is 0 Å². The van der Waals surface area contributed by atoms with Crippen LogP contribution in [0.25, 0.3) is 0 Å². The minimum absolute atomic E-state index is 0.00954. The van der Waals surface area contributed by atoms with Gasteiger partial charge in [-0.25, -0.2) is 0 Å². The monoisotopic (exact) mass is 187 g/mol. The molecule has 0 N–H and O–H groups in total. The smallest absolute Gasteiger partial charge is 0.386 e. The van der Waals surface area contributed by atoms with E-state index in [1.807, 2.05) is 32.8 Å². The van der Waals surface area contributed by atoms with Gasteiger partial charge in [0.05, 0.1) is 6.23 Å². The maximum Gasteiger partial charge on any atom is 0.640 e. The fourth-order valence-electron chi connectivity index (χ4n) is 0.981. The lowest BCUT2D eigenvalue weighted by Crippen LogP contribution is -2.42. The summed E-state index contributed by atoms with van der Waals surface area (Å²) < 4.78 is 16.2. The molecule has 1 rings (SSSR count). The van der Waals surface area contributed by atoms with E-state index in [0.29, 0.717) is 6.61 Å². The number of rotatable bonds is 3. The van der Waals surface area contributed by atoms with E-state index in [2.05, 4.69) is 0 Å². The third kappa shape index (κ3) is 3.64. The van der Waals surface area contributed by atoms with Crippen molar-refractivity contribution in [1.82, 2.24) is 4.90 Å². The van der Waals surface area contributed by atoms with Crippen molar-refractivity contribution < 1.29 is 14.0 Å². The summed E-state index contributed by atoms with van der Waals surface area (Å²) in [5.41, 5.74) is 0. The molecule has 1 saturated heterocycles. The van der Waals surface area contributed by atoms with Crippen LogP contribution < -0.4 is 0 Å². The Labute approximate surface area is 80.3 Å². The van der Waals surface area contributed by atoms with Crippen LogP contribution in [0, 0.1) is 0 Å². The van der Waals surface area contributed by atoms with Crippen LogP contribution in [-0.4, -0.2) is 45.3 Å². The molecular formula is C8H18BNO3. The Morgan fingerprint density at radius 1 is 1.54 bits per heavy atom. The maximum atomic E-state index is 5.50. The summed E-state index contributed by atoms with van der Waals surface area (Å²) in [6.07, 6.45) is 1.18. The maximum absolute atomic E-state index is 5.50. The van der Waals surface area contributed by atoms with E-state index in [-0.39, 0.29) is 12.3 Å². The van der Waals surface area contributed by atoms with E-state index >= 15 is 0 Å². The third-order valence-electron chi connectivity index (χ3n) is 2.16. The van der Waals surface area contributed by atoms with Gasteiger partial charge in [-0.3, -0.25) is 4.90 Å². The van der Waals surface area contributed by atoms with Gasteiger partial charge in [-0.15, -0.1) is 0 Å². The first-order chi connectivity index (χ1) is 6.09. The van der Waals surface area contributed by atoms with Crippen molar-refractivity contribution in [2.45, 2.75) is 32.6 Å². The first-order valence-corrected chi connectivity index (χ1v) is 4.68. The molecule has 13 heavy (non-hydrogen) atoms. The van der Waals surface area contributed by atoms with Crippen molar-refractivity contribution in [3.05, 3.63) is 0 Å². The zero-order valence-corrected chi connectivity index (χ0v) is 8.82. The van der Waals surface area contributed by atoms with Gasteiger partial charge in [0.15, 0.2) is 0 Å². The first kappa shape index (κ1) is 11.0. The highest BCUT2D eigenvalue weighted by Crippen LogP contribution is 2.11. The number of hydrogen-bond acceptors (Lipinski definition) is 4. The second-order valence-electron chi connectivity index (χ2n) is 3.59. The van der Waals surface area contributed by atoms with Crippen molar-refractivity contribution in [2.24, 2.45) is 0 Å². The van der Waals surface area contributed by atoms with E-state index in [0.717, 1.165) is 6.42 Å². The van der Waals surface area contributed by atoms with Gasteiger partial charge in [-0.2, -0.15) is 0 Å². The summed E-state index contributed by atoms with van der Waals surface area (Å²) in [6, 6.07) is 0. The van der Waals surface area contributed by atoms with Crippen molar-refractivity contribution in [3.63, 3.8) is 0 Å². The standard InChI is InChI=1S/C8H18BNO3/c1-7-5-6-11-9(12-7)13-8(2)10(3)4/h7-8H,5-6H2,1-4H3. The van der Waals surface area contributed by atoms with Crippen LogP contribution in [0.2, 0.25) is 0 Å². The summed E-state index contributed by atoms with van der Waals surface area (Å²) in [5.74, 6) is 0. The average Bonchev–Trinajstić information content (AvgIpc) is 2.04. The summed E-state index contributed by atoms with van der Waals surface area (Å²) in [4.78, 5) is 1.96. The summed E-state index contributed by atoms with van der Waals surface area (Å²) in [6.45, 7) is 4.71. The fourth-order valence-corrected chi connectivity index (χ4v) is 0.981. The van der Waals surface area contributed by atoms with E-state index in [1.54, 1.807) is 0 Å². The predicted octanol–water partition coefficient (Wildman–Crippen LogP) is 0.721. The zero-order chi connectivity index (χ0) is 9.84. The lowest BCUT2D eigenvalue weighted by atomic mass is 10.1. The summed E-state index contributed by atoms with van der Waals surface area (Å²) in [7, 11) is 3.41. The largest absolute Gasteiger partial charge is 0.640 e. The molecule has 1 heterocycles. The Hall–Kier alpha value is -0.0951. The number of hydrogen-bond donors (Lipinski definition) is 0. The molecule has 1 aliphatic heterocycles. The van der Waals surface area contributed by atoms with Gasteiger partial charge in [0.2, 0.25) is 0 Å². The first-order valence-electron chi connectivity index (χ1n) is 4.68. The molecule has 76 valence electrons. The third-order valence-corrected chi connectivity index (χ3v) is 2.16. The van der Waals surface area contributed by atoms with Gasteiger partial charge < -0.3 is 14.0 Å². The van der Waals surface area contributed by atoms with Gasteiger partial charge in [0.1, 0.15) is 0 Å². The van der Waals surface area contributed by atoms with Crippen molar-refractivity contribution in [3.8, 4) is 0 Å². The van der Waals surface area contributed by atoms with Crippen LogP contribution in [0.1, 0.15) is 20.3 Å². The molecule has 0 aromatic heterocycles. The predicted molar refractivity (Wildman–Crippen MR) is 51.1 cm³/mol. The topological polar surface area (TPSA) is 30.9 Å². The second-order valence-corrected chi connectivity index (χ2v) is 3.59. The molecule has 0 saturated carbocycles. The van der Waals surface area contributed by atoms with E-state index in [9.17, 15) is 0 Å². The molecule has 0 aromatic rings. The highest BCUT2D eigenvalue weighted by molar-refractivity contribution is 6.36. The quantitative estimate of drug-likeness (QED) is 0.481. The highest BCUT2D eigenvalue weighted by atomic mass is 16.7. The average molecular weight is 187 g/mol. The minimum atomic E-state index is -0.499. The van der Waals surface area contributed by atoms with Gasteiger partial charge >= 0.3 is 7.32 Å².